The lowest BCUT2D eigenvalue weighted by Crippen LogP contribution is -2.06. The summed E-state index contributed by atoms with van der Waals surface area (Å²) in [4.78, 5) is 11.3. The molecule has 0 radical (unpaired) electrons. The van der Waals surface area contributed by atoms with Gasteiger partial charge >= 0.3 is 0 Å². The number of hydrogen-bond acceptors (Lipinski definition) is 3. The third-order valence-corrected chi connectivity index (χ3v) is 3.93. The first-order valence-electron chi connectivity index (χ1n) is 7.30. The van der Waals surface area contributed by atoms with Gasteiger partial charge in [0.1, 0.15) is 5.82 Å². The van der Waals surface area contributed by atoms with Crippen LogP contribution >= 0.6 is 0 Å². The van der Waals surface area contributed by atoms with Crippen LogP contribution in [0.15, 0.2) is 42.5 Å². The van der Waals surface area contributed by atoms with Gasteiger partial charge in [-0.05, 0) is 37.1 Å². The Bertz CT molecular complexity index is 870. The van der Waals surface area contributed by atoms with E-state index in [1.54, 1.807) is 22.9 Å². The highest BCUT2D eigenvalue weighted by atomic mass is 19.1. The van der Waals surface area contributed by atoms with E-state index in [4.69, 9.17) is 0 Å². The zero-order chi connectivity index (χ0) is 16.4. The molecule has 0 aliphatic heterocycles. The van der Waals surface area contributed by atoms with E-state index in [1.807, 2.05) is 32.0 Å². The number of hydrogen-bond donors (Lipinski definition) is 0. The highest BCUT2D eigenvalue weighted by molar-refractivity contribution is 5.83. The average Bonchev–Trinajstić information content (AvgIpc) is 2.95. The van der Waals surface area contributed by atoms with Gasteiger partial charge in [0.05, 0.1) is 12.2 Å². The first kappa shape index (κ1) is 15.1. The monoisotopic (exact) mass is 309 g/mol. The molecule has 23 heavy (non-hydrogen) atoms. The Morgan fingerprint density at radius 1 is 1.13 bits per heavy atom. The second-order valence-electron chi connectivity index (χ2n) is 5.49. The van der Waals surface area contributed by atoms with Crippen LogP contribution in [-0.4, -0.2) is 21.3 Å². The van der Waals surface area contributed by atoms with E-state index in [2.05, 4.69) is 10.3 Å². The van der Waals surface area contributed by atoms with Gasteiger partial charge in [-0.3, -0.25) is 4.79 Å². The van der Waals surface area contributed by atoms with Gasteiger partial charge < -0.3 is 0 Å². The molecule has 4 nitrogen and oxygen atoms in total. The number of benzene rings is 2. The average molecular weight is 309 g/mol. The Balaban J connectivity index is 2.09. The van der Waals surface area contributed by atoms with E-state index in [0.717, 1.165) is 16.7 Å². The number of carbonyl (C=O) groups is 1. The second-order valence-corrected chi connectivity index (χ2v) is 5.49. The Morgan fingerprint density at radius 2 is 1.91 bits per heavy atom. The van der Waals surface area contributed by atoms with E-state index >= 15 is 0 Å². The molecular formula is C18H16FN3O. The van der Waals surface area contributed by atoms with E-state index in [-0.39, 0.29) is 18.1 Å². The Kier molecular flexibility index (Phi) is 4.02. The summed E-state index contributed by atoms with van der Waals surface area (Å²) in [6, 6.07) is 12.4. The van der Waals surface area contributed by atoms with E-state index in [9.17, 15) is 9.18 Å². The van der Waals surface area contributed by atoms with Crippen LogP contribution in [0.3, 0.4) is 0 Å². The quantitative estimate of drug-likeness (QED) is 0.692. The Labute approximate surface area is 133 Å². The van der Waals surface area contributed by atoms with Gasteiger partial charge in [-0.1, -0.05) is 35.5 Å². The highest BCUT2D eigenvalue weighted by Crippen LogP contribution is 2.25. The van der Waals surface area contributed by atoms with Gasteiger partial charge in [-0.15, -0.1) is 5.10 Å². The molecule has 0 saturated heterocycles. The van der Waals surface area contributed by atoms with E-state index in [1.165, 1.54) is 6.07 Å². The van der Waals surface area contributed by atoms with Gasteiger partial charge in [-0.2, -0.15) is 0 Å². The summed E-state index contributed by atoms with van der Waals surface area (Å²) in [6.07, 6.45) is 0.676. The fourth-order valence-corrected chi connectivity index (χ4v) is 2.49. The number of aryl methyl sites for hydroxylation is 2. The van der Waals surface area contributed by atoms with Crippen molar-refractivity contribution in [2.45, 2.75) is 20.4 Å². The summed E-state index contributed by atoms with van der Waals surface area (Å²) in [5, 5.41) is 7.93. The summed E-state index contributed by atoms with van der Waals surface area (Å²) in [5.41, 5.74) is 4.47. The first-order valence-corrected chi connectivity index (χ1v) is 7.30. The van der Waals surface area contributed by atoms with Crippen LogP contribution in [0, 0.1) is 19.7 Å². The zero-order valence-electron chi connectivity index (χ0n) is 13.0. The molecule has 1 heterocycles. The zero-order valence-corrected chi connectivity index (χ0v) is 13.0. The first-order chi connectivity index (χ1) is 11.1. The SMILES string of the molecule is Cc1ccc(-c2c(C=O)nnn2Cc2ccccc2F)cc1C. The van der Waals surface area contributed by atoms with Crippen molar-refractivity contribution in [3.05, 3.63) is 70.7 Å². The van der Waals surface area contributed by atoms with Gasteiger partial charge in [-0.25, -0.2) is 9.07 Å². The van der Waals surface area contributed by atoms with Crippen LogP contribution in [0.1, 0.15) is 27.2 Å². The predicted octanol–water partition coefficient (Wildman–Crippen LogP) is 3.56. The van der Waals surface area contributed by atoms with Crippen LogP contribution in [-0.2, 0) is 6.54 Å². The molecule has 0 N–H and O–H groups in total. The molecule has 1 aromatic heterocycles. The molecule has 0 saturated carbocycles. The smallest absolute Gasteiger partial charge is 0.172 e. The summed E-state index contributed by atoms with van der Waals surface area (Å²) < 4.78 is 15.4. The fourth-order valence-electron chi connectivity index (χ4n) is 2.49. The number of halogens is 1. The maximum atomic E-state index is 13.9. The molecule has 0 aliphatic rings. The van der Waals surface area contributed by atoms with Crippen LogP contribution < -0.4 is 0 Å². The minimum atomic E-state index is -0.304. The van der Waals surface area contributed by atoms with Gasteiger partial charge in [0.25, 0.3) is 0 Å². The summed E-state index contributed by atoms with van der Waals surface area (Å²) in [5.74, 6) is -0.304. The minimum Gasteiger partial charge on any atom is -0.296 e. The summed E-state index contributed by atoms with van der Waals surface area (Å²) in [6.45, 7) is 4.24. The van der Waals surface area contributed by atoms with Crippen molar-refractivity contribution in [3.63, 3.8) is 0 Å². The number of nitrogens with zero attached hydrogens (tertiary/aromatic N) is 3. The number of aromatic nitrogens is 3. The standard InChI is InChI=1S/C18H16FN3O/c1-12-7-8-14(9-13(12)2)18-17(11-23)20-21-22(18)10-15-5-3-4-6-16(15)19/h3-9,11H,10H2,1-2H3. The van der Waals surface area contributed by atoms with Gasteiger partial charge in [0.2, 0.25) is 0 Å². The summed E-state index contributed by atoms with van der Waals surface area (Å²) >= 11 is 0. The van der Waals surface area contributed by atoms with Gasteiger partial charge in [0, 0.05) is 11.1 Å². The van der Waals surface area contributed by atoms with Crippen molar-refractivity contribution >= 4 is 6.29 Å². The molecule has 5 heteroatoms. The van der Waals surface area contributed by atoms with Crippen LogP contribution in [0.2, 0.25) is 0 Å². The van der Waals surface area contributed by atoms with Crippen LogP contribution in [0.4, 0.5) is 4.39 Å². The predicted molar refractivity (Wildman–Crippen MR) is 85.8 cm³/mol. The lowest BCUT2D eigenvalue weighted by Gasteiger charge is -2.09. The lowest BCUT2D eigenvalue weighted by molar-refractivity contribution is 0.111. The molecule has 3 rings (SSSR count). The van der Waals surface area contributed by atoms with Crippen LogP contribution in [0.5, 0.6) is 0 Å². The molecule has 0 amide bonds. The molecule has 2 aromatic carbocycles. The number of rotatable bonds is 4. The molecule has 0 fully saturated rings. The third kappa shape index (κ3) is 2.90. The lowest BCUT2D eigenvalue weighted by atomic mass is 10.0. The van der Waals surface area contributed by atoms with Crippen molar-refractivity contribution in [2.75, 3.05) is 0 Å². The molecule has 116 valence electrons. The largest absolute Gasteiger partial charge is 0.296 e. The number of carbonyl (C=O) groups excluding carboxylic acids is 1. The van der Waals surface area contributed by atoms with Crippen LogP contribution in [0.25, 0.3) is 11.3 Å². The molecule has 0 atom stereocenters. The highest BCUT2D eigenvalue weighted by Gasteiger charge is 2.16. The normalized spacial score (nSPS) is 10.7. The molecule has 0 aliphatic carbocycles. The Hall–Kier alpha value is -2.82. The number of aldehydes is 1. The van der Waals surface area contributed by atoms with Crippen molar-refractivity contribution in [1.82, 2.24) is 15.0 Å². The molecular weight excluding hydrogens is 293 g/mol. The molecule has 0 spiro atoms. The maximum absolute atomic E-state index is 13.9. The van der Waals surface area contributed by atoms with Crippen molar-refractivity contribution < 1.29 is 9.18 Å². The molecule has 0 unspecified atom stereocenters. The molecule has 0 bridgehead atoms. The minimum absolute atomic E-state index is 0.218. The fraction of sp³-hybridized carbons (Fsp3) is 0.167. The molecule has 3 aromatic rings. The maximum Gasteiger partial charge on any atom is 0.172 e. The Morgan fingerprint density at radius 3 is 2.61 bits per heavy atom. The third-order valence-electron chi connectivity index (χ3n) is 3.93. The van der Waals surface area contributed by atoms with Gasteiger partial charge in [0.15, 0.2) is 12.0 Å². The van der Waals surface area contributed by atoms with E-state index in [0.29, 0.717) is 17.5 Å². The van der Waals surface area contributed by atoms with Crippen molar-refractivity contribution in [2.24, 2.45) is 0 Å². The summed E-state index contributed by atoms with van der Waals surface area (Å²) in [7, 11) is 0. The topological polar surface area (TPSA) is 47.8 Å². The van der Waals surface area contributed by atoms with Crippen molar-refractivity contribution in [1.29, 1.82) is 0 Å². The van der Waals surface area contributed by atoms with E-state index < -0.39 is 0 Å². The second kappa shape index (κ2) is 6.12. The van der Waals surface area contributed by atoms with Crippen molar-refractivity contribution in [3.8, 4) is 11.3 Å².